The maximum absolute atomic E-state index is 13.6. The van der Waals surface area contributed by atoms with E-state index in [1.165, 1.54) is 24.4 Å². The van der Waals surface area contributed by atoms with E-state index >= 15 is 0 Å². The van der Waals surface area contributed by atoms with E-state index < -0.39 is 11.7 Å². The van der Waals surface area contributed by atoms with Gasteiger partial charge in [-0.05, 0) is 30.3 Å². The monoisotopic (exact) mass is 324 g/mol. The minimum atomic E-state index is -0.533. The van der Waals surface area contributed by atoms with Crippen LogP contribution in [0.15, 0.2) is 41.0 Å². The smallest absolute Gasteiger partial charge is 0.259 e. The minimum Gasteiger partial charge on any atom is -0.319 e. The molecule has 0 radical (unpaired) electrons. The lowest BCUT2D eigenvalue weighted by atomic mass is 10.2. The number of amides is 1. The van der Waals surface area contributed by atoms with Crippen LogP contribution in [-0.4, -0.2) is 10.9 Å². The van der Waals surface area contributed by atoms with Crippen LogP contribution in [0.5, 0.6) is 0 Å². The fourth-order valence-corrected chi connectivity index (χ4v) is 1.82. The SMILES string of the molecule is NNc1ncccc1C(=O)Nc1ccc(Br)cc1F. The number of nitrogen functional groups attached to an aromatic ring is 1. The zero-order valence-electron chi connectivity index (χ0n) is 9.65. The molecule has 0 unspecified atom stereocenters. The van der Waals surface area contributed by atoms with Crippen molar-refractivity contribution in [1.29, 1.82) is 0 Å². The highest BCUT2D eigenvalue weighted by Crippen LogP contribution is 2.20. The summed E-state index contributed by atoms with van der Waals surface area (Å²) < 4.78 is 14.2. The van der Waals surface area contributed by atoms with Crippen molar-refractivity contribution in [1.82, 2.24) is 4.98 Å². The van der Waals surface area contributed by atoms with Crippen LogP contribution in [0.3, 0.4) is 0 Å². The number of nitrogens with two attached hydrogens (primary N) is 1. The van der Waals surface area contributed by atoms with E-state index in [0.29, 0.717) is 4.47 Å². The average molecular weight is 325 g/mol. The summed E-state index contributed by atoms with van der Waals surface area (Å²) in [7, 11) is 0. The molecule has 0 saturated heterocycles. The zero-order chi connectivity index (χ0) is 13.8. The standard InChI is InChI=1S/C12H10BrFN4O/c13-7-3-4-10(9(14)6-7)17-12(19)8-2-1-5-16-11(8)18-15/h1-6H,15H2,(H,16,18)(H,17,19). The summed E-state index contributed by atoms with van der Waals surface area (Å²) in [5.41, 5.74) is 2.63. The number of hydrogen-bond donors (Lipinski definition) is 3. The number of nitrogens with one attached hydrogen (secondary N) is 2. The number of hydrogen-bond acceptors (Lipinski definition) is 4. The molecule has 2 aromatic rings. The molecule has 1 amide bonds. The van der Waals surface area contributed by atoms with E-state index in [2.05, 4.69) is 31.7 Å². The van der Waals surface area contributed by atoms with E-state index in [9.17, 15) is 9.18 Å². The van der Waals surface area contributed by atoms with Gasteiger partial charge in [-0.25, -0.2) is 15.2 Å². The highest BCUT2D eigenvalue weighted by molar-refractivity contribution is 9.10. The van der Waals surface area contributed by atoms with Crippen molar-refractivity contribution in [2.24, 2.45) is 5.84 Å². The lowest BCUT2D eigenvalue weighted by Gasteiger charge is -2.09. The molecule has 2 rings (SSSR count). The number of carbonyl (C=O) groups is 1. The average Bonchev–Trinajstić information content (AvgIpc) is 2.41. The molecule has 1 aromatic carbocycles. The van der Waals surface area contributed by atoms with E-state index in [1.54, 1.807) is 12.1 Å². The molecule has 7 heteroatoms. The van der Waals surface area contributed by atoms with Gasteiger partial charge in [0.2, 0.25) is 0 Å². The molecule has 4 N–H and O–H groups in total. The van der Waals surface area contributed by atoms with Crippen LogP contribution in [0, 0.1) is 5.82 Å². The summed E-state index contributed by atoms with van der Waals surface area (Å²) in [6, 6.07) is 7.48. The number of aromatic nitrogens is 1. The van der Waals surface area contributed by atoms with Crippen molar-refractivity contribution >= 4 is 33.3 Å². The van der Waals surface area contributed by atoms with Crippen LogP contribution in [0.1, 0.15) is 10.4 Å². The van der Waals surface area contributed by atoms with Gasteiger partial charge in [0.25, 0.3) is 5.91 Å². The first kappa shape index (κ1) is 13.4. The third-order valence-corrected chi connectivity index (χ3v) is 2.86. The van der Waals surface area contributed by atoms with Gasteiger partial charge < -0.3 is 10.7 Å². The summed E-state index contributed by atoms with van der Waals surface area (Å²) in [4.78, 5) is 15.9. The van der Waals surface area contributed by atoms with Gasteiger partial charge >= 0.3 is 0 Å². The topological polar surface area (TPSA) is 80.0 Å². The molecule has 0 fully saturated rings. The molecule has 0 bridgehead atoms. The quantitative estimate of drug-likeness (QED) is 0.598. The Labute approximate surface area is 117 Å². The maximum Gasteiger partial charge on any atom is 0.259 e. The second-order valence-electron chi connectivity index (χ2n) is 3.62. The molecule has 98 valence electrons. The Morgan fingerprint density at radius 3 is 2.84 bits per heavy atom. The number of nitrogens with zero attached hydrogens (tertiary/aromatic N) is 1. The third-order valence-electron chi connectivity index (χ3n) is 2.37. The summed E-state index contributed by atoms with van der Waals surface area (Å²) in [6.45, 7) is 0. The van der Waals surface area contributed by atoms with Gasteiger partial charge in [-0.15, -0.1) is 0 Å². The number of halogens is 2. The minimum absolute atomic E-state index is 0.0834. The Kier molecular flexibility index (Phi) is 4.08. The molecule has 0 aliphatic carbocycles. The number of carbonyl (C=O) groups excluding carboxylic acids is 1. The van der Waals surface area contributed by atoms with Crippen LogP contribution in [-0.2, 0) is 0 Å². The summed E-state index contributed by atoms with van der Waals surface area (Å²) in [6.07, 6.45) is 1.49. The molecular formula is C12H10BrFN4O. The zero-order valence-corrected chi connectivity index (χ0v) is 11.2. The maximum atomic E-state index is 13.6. The van der Waals surface area contributed by atoms with Gasteiger partial charge in [0.1, 0.15) is 5.82 Å². The van der Waals surface area contributed by atoms with Crippen molar-refractivity contribution < 1.29 is 9.18 Å². The Balaban J connectivity index is 2.26. The highest BCUT2D eigenvalue weighted by Gasteiger charge is 2.13. The molecule has 0 atom stereocenters. The normalized spacial score (nSPS) is 10.1. The molecule has 1 heterocycles. The number of pyridine rings is 1. The number of anilines is 2. The Bertz CT molecular complexity index is 620. The molecular weight excluding hydrogens is 315 g/mol. The number of benzene rings is 1. The van der Waals surface area contributed by atoms with Crippen molar-refractivity contribution in [3.63, 3.8) is 0 Å². The molecule has 0 saturated carbocycles. The molecule has 5 nitrogen and oxygen atoms in total. The largest absolute Gasteiger partial charge is 0.319 e. The molecule has 1 aromatic heterocycles. The fraction of sp³-hybridized carbons (Fsp3) is 0. The Morgan fingerprint density at radius 1 is 1.37 bits per heavy atom. The van der Waals surface area contributed by atoms with Crippen LogP contribution in [0.25, 0.3) is 0 Å². The van der Waals surface area contributed by atoms with Crippen molar-refractivity contribution in [3.8, 4) is 0 Å². The van der Waals surface area contributed by atoms with Crippen LogP contribution in [0.4, 0.5) is 15.9 Å². The van der Waals surface area contributed by atoms with Gasteiger partial charge in [-0.2, -0.15) is 0 Å². The van der Waals surface area contributed by atoms with E-state index in [-0.39, 0.29) is 17.1 Å². The first-order chi connectivity index (χ1) is 9.11. The predicted octanol–water partition coefficient (Wildman–Crippen LogP) is 2.52. The van der Waals surface area contributed by atoms with Crippen LogP contribution >= 0.6 is 15.9 Å². The van der Waals surface area contributed by atoms with Gasteiger partial charge in [0.15, 0.2) is 5.82 Å². The van der Waals surface area contributed by atoms with Crippen LogP contribution < -0.4 is 16.6 Å². The van der Waals surface area contributed by atoms with E-state index in [1.807, 2.05) is 0 Å². The van der Waals surface area contributed by atoms with Gasteiger partial charge in [-0.1, -0.05) is 15.9 Å². The predicted molar refractivity (Wildman–Crippen MR) is 74.1 cm³/mol. The summed E-state index contributed by atoms with van der Waals surface area (Å²) in [5, 5.41) is 2.46. The number of rotatable bonds is 3. The van der Waals surface area contributed by atoms with Gasteiger partial charge in [0.05, 0.1) is 11.3 Å². The van der Waals surface area contributed by atoms with E-state index in [4.69, 9.17) is 5.84 Å². The molecule has 0 aliphatic heterocycles. The first-order valence-electron chi connectivity index (χ1n) is 5.30. The Morgan fingerprint density at radius 2 is 2.16 bits per heavy atom. The molecule has 0 aliphatic rings. The van der Waals surface area contributed by atoms with Crippen molar-refractivity contribution in [3.05, 3.63) is 52.4 Å². The fourth-order valence-electron chi connectivity index (χ4n) is 1.48. The third kappa shape index (κ3) is 3.07. The first-order valence-corrected chi connectivity index (χ1v) is 6.09. The van der Waals surface area contributed by atoms with Gasteiger partial charge in [0, 0.05) is 10.7 Å². The number of hydrazine groups is 1. The molecule has 19 heavy (non-hydrogen) atoms. The summed E-state index contributed by atoms with van der Waals surface area (Å²) >= 11 is 3.14. The second-order valence-corrected chi connectivity index (χ2v) is 4.54. The van der Waals surface area contributed by atoms with E-state index in [0.717, 1.165) is 0 Å². The summed E-state index contributed by atoms with van der Waals surface area (Å²) in [5.74, 6) is 4.45. The van der Waals surface area contributed by atoms with Crippen LogP contribution in [0.2, 0.25) is 0 Å². The highest BCUT2D eigenvalue weighted by atomic mass is 79.9. The second kappa shape index (κ2) is 5.77. The lowest BCUT2D eigenvalue weighted by Crippen LogP contribution is -2.18. The lowest BCUT2D eigenvalue weighted by molar-refractivity contribution is 0.102. The Hall–Kier alpha value is -1.99. The van der Waals surface area contributed by atoms with Crippen molar-refractivity contribution in [2.75, 3.05) is 10.7 Å². The van der Waals surface area contributed by atoms with Crippen molar-refractivity contribution in [2.45, 2.75) is 0 Å². The molecule has 0 spiro atoms. The van der Waals surface area contributed by atoms with Gasteiger partial charge in [-0.3, -0.25) is 4.79 Å².